The van der Waals surface area contributed by atoms with Crippen molar-refractivity contribution in [2.24, 2.45) is 5.92 Å². The predicted molar refractivity (Wildman–Crippen MR) is 105 cm³/mol. The van der Waals surface area contributed by atoms with E-state index in [1.807, 2.05) is 30.3 Å². The van der Waals surface area contributed by atoms with Gasteiger partial charge in [0.15, 0.2) is 6.61 Å². The Balaban J connectivity index is 1.43. The van der Waals surface area contributed by atoms with Crippen molar-refractivity contribution in [3.8, 4) is 5.75 Å². The van der Waals surface area contributed by atoms with E-state index in [1.165, 1.54) is 21.8 Å². The number of esters is 1. The molecular formula is C21H25NO4S. The van der Waals surface area contributed by atoms with Gasteiger partial charge >= 0.3 is 5.97 Å². The molecule has 1 heterocycles. The highest BCUT2D eigenvalue weighted by atomic mass is 32.1. The molecule has 0 saturated heterocycles. The van der Waals surface area contributed by atoms with Crippen molar-refractivity contribution in [2.75, 3.05) is 20.3 Å². The molecule has 27 heavy (non-hydrogen) atoms. The van der Waals surface area contributed by atoms with Crippen LogP contribution in [0.4, 0.5) is 0 Å². The molecule has 0 unspecified atom stereocenters. The van der Waals surface area contributed by atoms with E-state index in [2.05, 4.69) is 12.2 Å². The third kappa shape index (κ3) is 5.10. The Kier molecular flexibility index (Phi) is 6.50. The van der Waals surface area contributed by atoms with Crippen molar-refractivity contribution in [1.29, 1.82) is 0 Å². The van der Waals surface area contributed by atoms with Gasteiger partial charge in [-0.05, 0) is 54.9 Å². The van der Waals surface area contributed by atoms with Crippen LogP contribution in [0, 0.1) is 5.92 Å². The van der Waals surface area contributed by atoms with Crippen LogP contribution < -0.4 is 10.1 Å². The number of carbonyl (C=O) groups excluding carboxylic acids is 2. The highest BCUT2D eigenvalue weighted by Gasteiger charge is 2.21. The second kappa shape index (κ2) is 9.04. The number of hydrogen-bond donors (Lipinski definition) is 1. The van der Waals surface area contributed by atoms with Crippen LogP contribution in [0.3, 0.4) is 0 Å². The van der Waals surface area contributed by atoms with Gasteiger partial charge in [-0.15, -0.1) is 11.3 Å². The average Bonchev–Trinajstić information content (AvgIpc) is 3.09. The summed E-state index contributed by atoms with van der Waals surface area (Å²) in [7, 11) is 1.62. The van der Waals surface area contributed by atoms with Gasteiger partial charge in [-0.2, -0.15) is 0 Å². The second-order valence-corrected chi connectivity index (χ2v) is 8.03. The first kappa shape index (κ1) is 19.4. The molecule has 0 spiro atoms. The Bertz CT molecular complexity index is 814. The van der Waals surface area contributed by atoms with Crippen LogP contribution >= 0.6 is 11.3 Å². The second-order valence-electron chi connectivity index (χ2n) is 6.89. The number of amides is 1. The van der Waals surface area contributed by atoms with Crippen molar-refractivity contribution >= 4 is 23.2 Å². The van der Waals surface area contributed by atoms with Crippen LogP contribution in [0.25, 0.3) is 0 Å². The SMILES string of the molecule is COc1ccccc1CCNC(=O)COC(=O)c1cc2c(s1)CC[C@@H](C)C2. The first-order valence-electron chi connectivity index (χ1n) is 9.24. The summed E-state index contributed by atoms with van der Waals surface area (Å²) < 4.78 is 10.5. The summed E-state index contributed by atoms with van der Waals surface area (Å²) >= 11 is 1.50. The predicted octanol–water partition coefficient (Wildman–Crippen LogP) is 3.40. The van der Waals surface area contributed by atoms with Crippen LogP contribution in [0.5, 0.6) is 5.75 Å². The lowest BCUT2D eigenvalue weighted by Gasteiger charge is -2.16. The number of ether oxygens (including phenoxy) is 2. The monoisotopic (exact) mass is 387 g/mol. The van der Waals surface area contributed by atoms with E-state index in [0.717, 1.165) is 30.6 Å². The third-order valence-corrected chi connectivity index (χ3v) is 5.99. The van der Waals surface area contributed by atoms with Crippen molar-refractivity contribution in [1.82, 2.24) is 5.32 Å². The molecule has 2 aromatic rings. The maximum absolute atomic E-state index is 12.2. The smallest absolute Gasteiger partial charge is 0.348 e. The first-order valence-corrected chi connectivity index (χ1v) is 10.1. The Labute approximate surface area is 163 Å². The number of methoxy groups -OCH3 is 1. The fraction of sp³-hybridized carbons (Fsp3) is 0.429. The highest BCUT2D eigenvalue weighted by Crippen LogP contribution is 2.32. The van der Waals surface area contributed by atoms with E-state index >= 15 is 0 Å². The van der Waals surface area contributed by atoms with Gasteiger partial charge in [0, 0.05) is 11.4 Å². The van der Waals surface area contributed by atoms with Crippen LogP contribution in [0.2, 0.25) is 0 Å². The number of benzene rings is 1. The summed E-state index contributed by atoms with van der Waals surface area (Å²) in [6.45, 7) is 2.43. The van der Waals surface area contributed by atoms with Gasteiger partial charge in [-0.25, -0.2) is 4.79 Å². The topological polar surface area (TPSA) is 64.6 Å². The van der Waals surface area contributed by atoms with E-state index in [4.69, 9.17) is 9.47 Å². The number of hydrogen-bond acceptors (Lipinski definition) is 5. The Morgan fingerprint density at radius 3 is 2.93 bits per heavy atom. The van der Waals surface area contributed by atoms with Gasteiger partial charge < -0.3 is 14.8 Å². The minimum atomic E-state index is -0.415. The average molecular weight is 388 g/mol. The van der Waals surface area contributed by atoms with Gasteiger partial charge in [0.05, 0.1) is 7.11 Å². The Morgan fingerprint density at radius 1 is 1.30 bits per heavy atom. The highest BCUT2D eigenvalue weighted by molar-refractivity contribution is 7.14. The molecule has 0 radical (unpaired) electrons. The lowest BCUT2D eigenvalue weighted by Crippen LogP contribution is -2.30. The zero-order valence-electron chi connectivity index (χ0n) is 15.7. The van der Waals surface area contributed by atoms with E-state index in [1.54, 1.807) is 7.11 Å². The summed E-state index contributed by atoms with van der Waals surface area (Å²) in [5.74, 6) is 0.745. The molecule has 0 saturated carbocycles. The molecule has 0 bridgehead atoms. The molecule has 5 nitrogen and oxygen atoms in total. The molecule has 1 atom stereocenters. The molecule has 1 N–H and O–H groups in total. The van der Waals surface area contributed by atoms with Gasteiger partial charge in [0.25, 0.3) is 5.91 Å². The van der Waals surface area contributed by atoms with Crippen molar-refractivity contribution in [3.05, 3.63) is 51.2 Å². The maximum atomic E-state index is 12.2. The molecule has 1 amide bonds. The van der Waals surface area contributed by atoms with Crippen molar-refractivity contribution < 1.29 is 19.1 Å². The van der Waals surface area contributed by atoms with Crippen LogP contribution in [-0.2, 0) is 28.8 Å². The Hall–Kier alpha value is -2.34. The maximum Gasteiger partial charge on any atom is 0.348 e. The lowest BCUT2D eigenvalue weighted by molar-refractivity contribution is -0.124. The van der Waals surface area contributed by atoms with E-state index in [-0.39, 0.29) is 12.5 Å². The molecule has 0 aliphatic heterocycles. The summed E-state index contributed by atoms with van der Waals surface area (Å²) in [5, 5.41) is 2.78. The van der Waals surface area contributed by atoms with Crippen LogP contribution in [0.1, 0.15) is 39.0 Å². The molecule has 3 rings (SSSR count). The minimum absolute atomic E-state index is 0.260. The summed E-state index contributed by atoms with van der Waals surface area (Å²) in [4.78, 5) is 26.0. The number of nitrogens with one attached hydrogen (secondary N) is 1. The molecule has 144 valence electrons. The fourth-order valence-corrected chi connectivity index (χ4v) is 4.41. The lowest BCUT2D eigenvalue weighted by atomic mass is 9.90. The van der Waals surface area contributed by atoms with Crippen LogP contribution in [0.15, 0.2) is 30.3 Å². The number of carbonyl (C=O) groups is 2. The number of para-hydroxylation sites is 1. The zero-order chi connectivity index (χ0) is 19.2. The molecule has 1 aliphatic carbocycles. The Morgan fingerprint density at radius 2 is 2.11 bits per heavy atom. The molecule has 0 fully saturated rings. The quantitative estimate of drug-likeness (QED) is 0.740. The van der Waals surface area contributed by atoms with Gasteiger partial charge in [-0.1, -0.05) is 25.1 Å². The van der Waals surface area contributed by atoms with Crippen molar-refractivity contribution in [3.63, 3.8) is 0 Å². The summed E-state index contributed by atoms with van der Waals surface area (Å²) in [5.41, 5.74) is 2.28. The normalized spacial score (nSPS) is 15.7. The van der Waals surface area contributed by atoms with Gasteiger partial charge in [0.1, 0.15) is 10.6 Å². The number of thiophene rings is 1. The van der Waals surface area contributed by atoms with E-state index in [0.29, 0.717) is 23.8 Å². The molecule has 6 heteroatoms. The van der Waals surface area contributed by atoms with Crippen molar-refractivity contribution in [2.45, 2.75) is 32.6 Å². The number of rotatable bonds is 7. The van der Waals surface area contributed by atoms with Crippen LogP contribution in [-0.4, -0.2) is 32.1 Å². The standard InChI is InChI=1S/C21H25NO4S/c1-14-7-8-18-16(11-14)12-19(27-18)21(24)26-13-20(23)22-10-9-15-5-3-4-6-17(15)25-2/h3-6,12,14H,7-11,13H2,1-2H3,(H,22,23)/t14-/m1/s1. The fourth-order valence-electron chi connectivity index (χ4n) is 3.31. The molecule has 1 aromatic carbocycles. The summed E-state index contributed by atoms with van der Waals surface area (Å²) in [6, 6.07) is 9.62. The molecule has 1 aromatic heterocycles. The first-order chi connectivity index (χ1) is 13.1. The zero-order valence-corrected chi connectivity index (χ0v) is 16.6. The van der Waals surface area contributed by atoms with Gasteiger partial charge in [-0.3, -0.25) is 4.79 Å². The van der Waals surface area contributed by atoms with E-state index < -0.39 is 5.97 Å². The van der Waals surface area contributed by atoms with Gasteiger partial charge in [0.2, 0.25) is 0 Å². The minimum Gasteiger partial charge on any atom is -0.496 e. The van der Waals surface area contributed by atoms with E-state index in [9.17, 15) is 9.59 Å². The molecule has 1 aliphatic rings. The number of fused-ring (bicyclic) bond motifs is 1. The largest absolute Gasteiger partial charge is 0.496 e. The summed E-state index contributed by atoms with van der Waals surface area (Å²) in [6.07, 6.45) is 3.86. The number of aryl methyl sites for hydroxylation is 1. The molecular weight excluding hydrogens is 362 g/mol. The third-order valence-electron chi connectivity index (χ3n) is 4.77.